The monoisotopic (exact) mass is 222 g/mol. The van der Waals surface area contributed by atoms with Gasteiger partial charge in [0.15, 0.2) is 0 Å². The minimum atomic E-state index is -2.34. The lowest BCUT2D eigenvalue weighted by atomic mass is 10.4. The predicted molar refractivity (Wildman–Crippen MR) is 50.6 cm³/mol. The summed E-state index contributed by atoms with van der Waals surface area (Å²) < 4.78 is 23.5. The lowest BCUT2D eigenvalue weighted by molar-refractivity contribution is 0.142. The first-order valence-electron chi connectivity index (χ1n) is 3.90. The molecule has 0 saturated carbocycles. The van der Waals surface area contributed by atoms with Crippen LogP contribution in [0.3, 0.4) is 0 Å². The second-order valence-electron chi connectivity index (χ2n) is 2.54. The molecule has 7 heteroatoms. The Kier molecular flexibility index (Phi) is 3.82. The number of nitrogens with two attached hydrogens (primary N) is 1. The molecule has 0 aromatic carbocycles. The van der Waals surface area contributed by atoms with Gasteiger partial charge in [0.25, 0.3) is 0 Å². The summed E-state index contributed by atoms with van der Waals surface area (Å²) in [5, 5.41) is 2.84. The molecule has 4 nitrogen and oxygen atoms in total. The van der Waals surface area contributed by atoms with Crippen molar-refractivity contribution < 1.29 is 8.78 Å². The van der Waals surface area contributed by atoms with Gasteiger partial charge in [0, 0.05) is 19.0 Å². The number of halogens is 3. The third-order valence-corrected chi connectivity index (χ3v) is 1.57. The maximum atomic E-state index is 11.8. The van der Waals surface area contributed by atoms with Crippen LogP contribution < -0.4 is 11.1 Å². The van der Waals surface area contributed by atoms with E-state index in [2.05, 4.69) is 15.3 Å². The van der Waals surface area contributed by atoms with Gasteiger partial charge in [-0.15, -0.1) is 0 Å². The molecule has 1 aromatic rings. The summed E-state index contributed by atoms with van der Waals surface area (Å²) in [5.74, 6) is 0.361. The number of nitrogens with one attached hydrogen (secondary N) is 1. The molecule has 14 heavy (non-hydrogen) atoms. The molecule has 0 spiro atoms. The molecule has 0 aliphatic carbocycles. The zero-order valence-electron chi connectivity index (χ0n) is 7.17. The molecule has 0 aliphatic rings. The third-order valence-electron chi connectivity index (χ3n) is 1.38. The van der Waals surface area contributed by atoms with E-state index >= 15 is 0 Å². The van der Waals surface area contributed by atoms with E-state index in [0.717, 1.165) is 0 Å². The van der Waals surface area contributed by atoms with Crippen LogP contribution in [-0.2, 0) is 0 Å². The van der Waals surface area contributed by atoms with E-state index in [0.29, 0.717) is 5.82 Å². The number of nitrogens with zero attached hydrogens (tertiary/aromatic N) is 2. The smallest absolute Gasteiger partial charge is 0.240 e. The van der Waals surface area contributed by atoms with Crippen molar-refractivity contribution in [2.24, 2.45) is 0 Å². The van der Waals surface area contributed by atoms with E-state index in [9.17, 15) is 8.78 Å². The number of hydrogen-bond donors (Lipinski definition) is 2. The average molecular weight is 223 g/mol. The average Bonchev–Trinajstić information content (AvgIpc) is 2.01. The maximum Gasteiger partial charge on any atom is 0.240 e. The van der Waals surface area contributed by atoms with Gasteiger partial charge in [0.05, 0.1) is 0 Å². The molecule has 1 rings (SSSR count). The van der Waals surface area contributed by atoms with Gasteiger partial charge >= 0.3 is 0 Å². The number of aromatic nitrogens is 2. The van der Waals surface area contributed by atoms with Gasteiger partial charge < -0.3 is 11.1 Å². The minimum Gasteiger partial charge on any atom is -0.370 e. The first-order valence-corrected chi connectivity index (χ1v) is 4.28. The highest BCUT2D eigenvalue weighted by atomic mass is 35.5. The van der Waals surface area contributed by atoms with Crippen LogP contribution in [0, 0.1) is 0 Å². The maximum absolute atomic E-state index is 11.8. The third kappa shape index (κ3) is 3.69. The Morgan fingerprint density at radius 2 is 2.21 bits per heavy atom. The van der Waals surface area contributed by atoms with Crippen LogP contribution in [0.2, 0.25) is 5.15 Å². The number of nitrogen functional groups attached to an aromatic ring is 1. The van der Waals surface area contributed by atoms with E-state index in [1.807, 2.05) is 0 Å². The second-order valence-corrected chi connectivity index (χ2v) is 2.93. The summed E-state index contributed by atoms with van der Waals surface area (Å²) in [4.78, 5) is 7.38. The molecule has 0 amide bonds. The summed E-state index contributed by atoms with van der Waals surface area (Å²) in [5.41, 5.74) is 5.30. The van der Waals surface area contributed by atoms with Crippen LogP contribution in [0.25, 0.3) is 0 Å². The molecule has 0 unspecified atom stereocenters. The van der Waals surface area contributed by atoms with Crippen molar-refractivity contribution in [2.45, 2.75) is 12.8 Å². The molecule has 0 fully saturated rings. The fourth-order valence-electron chi connectivity index (χ4n) is 0.835. The lowest BCUT2D eigenvalue weighted by Crippen LogP contribution is -2.08. The van der Waals surface area contributed by atoms with E-state index in [-0.39, 0.29) is 24.1 Å². The highest BCUT2D eigenvalue weighted by molar-refractivity contribution is 6.29. The Labute approximate surface area is 84.5 Å². The largest absolute Gasteiger partial charge is 0.370 e. The SMILES string of the molecule is Nc1nc(Cl)cc(NCCC(F)F)n1. The van der Waals surface area contributed by atoms with E-state index in [1.165, 1.54) is 6.07 Å². The molecule has 78 valence electrons. The van der Waals surface area contributed by atoms with Crippen LogP contribution >= 0.6 is 11.6 Å². The molecule has 0 radical (unpaired) electrons. The Balaban J connectivity index is 2.50. The predicted octanol–water partition coefficient (Wildman–Crippen LogP) is 1.78. The van der Waals surface area contributed by atoms with Crippen molar-refractivity contribution in [3.05, 3.63) is 11.2 Å². The molecule has 3 N–H and O–H groups in total. The molecule has 0 saturated heterocycles. The highest BCUT2D eigenvalue weighted by Gasteiger charge is 2.03. The van der Waals surface area contributed by atoms with Crippen LogP contribution in [0.15, 0.2) is 6.07 Å². The second kappa shape index (κ2) is 4.90. The zero-order valence-corrected chi connectivity index (χ0v) is 7.93. The van der Waals surface area contributed by atoms with Gasteiger partial charge in [-0.1, -0.05) is 11.6 Å². The Bertz CT molecular complexity index is 287. The quantitative estimate of drug-likeness (QED) is 0.763. The normalized spacial score (nSPS) is 10.6. The van der Waals surface area contributed by atoms with Gasteiger partial charge in [-0.2, -0.15) is 4.98 Å². The van der Waals surface area contributed by atoms with Crippen molar-refractivity contribution >= 4 is 23.4 Å². The summed E-state index contributed by atoms with van der Waals surface area (Å²) >= 11 is 5.57. The number of rotatable bonds is 4. The molecule has 0 aliphatic heterocycles. The zero-order chi connectivity index (χ0) is 10.6. The number of anilines is 2. The molecule has 1 heterocycles. The van der Waals surface area contributed by atoms with Crippen molar-refractivity contribution in [1.29, 1.82) is 0 Å². The molecular formula is C7H9ClF2N4. The standard InChI is InChI=1S/C7H9ClF2N4/c8-4-3-6(14-7(11)13-4)12-2-1-5(9)10/h3,5H,1-2H2,(H3,11,12,13,14). The summed E-state index contributed by atoms with van der Waals surface area (Å²) in [6.07, 6.45) is -2.58. The van der Waals surface area contributed by atoms with Crippen molar-refractivity contribution in [3.63, 3.8) is 0 Å². The Morgan fingerprint density at radius 3 is 2.79 bits per heavy atom. The van der Waals surface area contributed by atoms with E-state index < -0.39 is 6.43 Å². The molecule has 0 bridgehead atoms. The van der Waals surface area contributed by atoms with Crippen molar-refractivity contribution in [3.8, 4) is 0 Å². The minimum absolute atomic E-state index is 0.0112. The molecular weight excluding hydrogens is 214 g/mol. The number of hydrogen-bond acceptors (Lipinski definition) is 4. The van der Waals surface area contributed by atoms with Crippen LogP contribution in [0.4, 0.5) is 20.5 Å². The van der Waals surface area contributed by atoms with Gasteiger partial charge in [0.1, 0.15) is 11.0 Å². The topological polar surface area (TPSA) is 63.8 Å². The van der Waals surface area contributed by atoms with Gasteiger partial charge in [0.2, 0.25) is 12.4 Å². The molecule has 0 atom stereocenters. The molecule has 1 aromatic heterocycles. The van der Waals surface area contributed by atoms with Crippen LogP contribution in [0.1, 0.15) is 6.42 Å². The first kappa shape index (κ1) is 10.9. The fraction of sp³-hybridized carbons (Fsp3) is 0.429. The van der Waals surface area contributed by atoms with E-state index in [4.69, 9.17) is 17.3 Å². The lowest BCUT2D eigenvalue weighted by Gasteiger charge is -2.05. The van der Waals surface area contributed by atoms with Gasteiger partial charge in [-0.05, 0) is 0 Å². The van der Waals surface area contributed by atoms with Crippen molar-refractivity contribution in [2.75, 3.05) is 17.6 Å². The Morgan fingerprint density at radius 1 is 1.50 bits per heavy atom. The van der Waals surface area contributed by atoms with Crippen molar-refractivity contribution in [1.82, 2.24) is 9.97 Å². The Hall–Kier alpha value is -1.17. The highest BCUT2D eigenvalue weighted by Crippen LogP contribution is 2.12. The van der Waals surface area contributed by atoms with E-state index in [1.54, 1.807) is 0 Å². The fourth-order valence-corrected chi connectivity index (χ4v) is 1.03. The van der Waals surface area contributed by atoms with Gasteiger partial charge in [-0.25, -0.2) is 13.8 Å². The summed E-state index contributed by atoms with van der Waals surface area (Å²) in [6, 6.07) is 1.42. The summed E-state index contributed by atoms with van der Waals surface area (Å²) in [7, 11) is 0. The van der Waals surface area contributed by atoms with Gasteiger partial charge in [-0.3, -0.25) is 0 Å². The first-order chi connectivity index (χ1) is 6.58. The van der Waals surface area contributed by atoms with Crippen LogP contribution in [-0.4, -0.2) is 22.9 Å². The number of alkyl halides is 2. The summed E-state index contributed by atoms with van der Waals surface area (Å²) in [6.45, 7) is 0.116. The van der Waals surface area contributed by atoms with Crippen LogP contribution in [0.5, 0.6) is 0 Å².